The largest absolute Gasteiger partial charge is 0.492 e. The Morgan fingerprint density at radius 3 is 2.53 bits per heavy atom. The van der Waals surface area contributed by atoms with Crippen LogP contribution in [0.1, 0.15) is 17.7 Å². The van der Waals surface area contributed by atoms with E-state index in [1.165, 1.54) is 11.8 Å². The SMILES string of the molecule is CCOc1ccccc1NC(=O)C(Sc1nnnn1-c1ccc(Cl)cc1)c1ccccc1. The summed E-state index contributed by atoms with van der Waals surface area (Å²) < 4.78 is 7.23. The van der Waals surface area contributed by atoms with Crippen molar-refractivity contribution in [1.82, 2.24) is 20.2 Å². The Hall–Kier alpha value is -3.36. The van der Waals surface area contributed by atoms with E-state index in [1.54, 1.807) is 16.8 Å². The molecule has 4 rings (SSSR count). The number of nitrogens with zero attached hydrogens (tertiary/aromatic N) is 4. The summed E-state index contributed by atoms with van der Waals surface area (Å²) >= 11 is 7.26. The third-order valence-electron chi connectivity index (χ3n) is 4.52. The number of hydrogen-bond donors (Lipinski definition) is 1. The van der Waals surface area contributed by atoms with Crippen molar-refractivity contribution in [3.8, 4) is 11.4 Å². The van der Waals surface area contributed by atoms with E-state index >= 15 is 0 Å². The number of ether oxygens (including phenoxy) is 1. The fourth-order valence-corrected chi connectivity index (χ4v) is 4.17. The Labute approximate surface area is 194 Å². The van der Waals surface area contributed by atoms with Gasteiger partial charge in [0.05, 0.1) is 18.0 Å². The molecule has 0 spiro atoms. The maximum Gasteiger partial charge on any atom is 0.242 e. The summed E-state index contributed by atoms with van der Waals surface area (Å²) in [6, 6.07) is 24.0. The summed E-state index contributed by atoms with van der Waals surface area (Å²) in [6.45, 7) is 2.40. The third kappa shape index (κ3) is 5.09. The number of hydrogen-bond acceptors (Lipinski definition) is 6. The zero-order chi connectivity index (χ0) is 22.3. The Bertz CT molecular complexity index is 1180. The predicted molar refractivity (Wildman–Crippen MR) is 125 cm³/mol. The van der Waals surface area contributed by atoms with Gasteiger partial charge in [0.2, 0.25) is 11.1 Å². The first-order chi connectivity index (χ1) is 15.7. The molecule has 9 heteroatoms. The maximum atomic E-state index is 13.4. The van der Waals surface area contributed by atoms with Crippen LogP contribution in [0, 0.1) is 0 Å². The number of halogens is 1. The monoisotopic (exact) mass is 465 g/mol. The number of anilines is 1. The summed E-state index contributed by atoms with van der Waals surface area (Å²) in [4.78, 5) is 13.4. The Morgan fingerprint density at radius 1 is 1.06 bits per heavy atom. The molecule has 0 aliphatic heterocycles. The highest BCUT2D eigenvalue weighted by Gasteiger charge is 2.26. The second kappa shape index (κ2) is 10.3. The van der Waals surface area contributed by atoms with Crippen molar-refractivity contribution in [2.24, 2.45) is 0 Å². The van der Waals surface area contributed by atoms with Gasteiger partial charge in [-0.1, -0.05) is 65.8 Å². The molecule has 0 radical (unpaired) electrons. The fourth-order valence-electron chi connectivity index (χ4n) is 3.05. The van der Waals surface area contributed by atoms with E-state index in [0.717, 1.165) is 11.3 Å². The lowest BCUT2D eigenvalue weighted by Crippen LogP contribution is -2.20. The molecule has 1 heterocycles. The highest BCUT2D eigenvalue weighted by Crippen LogP contribution is 2.36. The zero-order valence-electron chi connectivity index (χ0n) is 17.2. The molecule has 0 saturated heterocycles. The van der Waals surface area contributed by atoms with Gasteiger partial charge < -0.3 is 10.1 Å². The third-order valence-corrected chi connectivity index (χ3v) is 5.96. The van der Waals surface area contributed by atoms with Crippen LogP contribution in [0.3, 0.4) is 0 Å². The first-order valence-corrected chi connectivity index (χ1v) is 11.2. The molecule has 162 valence electrons. The minimum Gasteiger partial charge on any atom is -0.492 e. The van der Waals surface area contributed by atoms with Crippen LogP contribution in [0.5, 0.6) is 5.75 Å². The lowest BCUT2D eigenvalue weighted by atomic mass is 10.1. The van der Waals surface area contributed by atoms with E-state index in [2.05, 4.69) is 20.8 Å². The second-order valence-electron chi connectivity index (χ2n) is 6.68. The number of benzene rings is 3. The molecule has 0 saturated carbocycles. The van der Waals surface area contributed by atoms with Gasteiger partial charge in [0.25, 0.3) is 0 Å². The van der Waals surface area contributed by atoms with Crippen molar-refractivity contribution in [1.29, 1.82) is 0 Å². The molecule has 1 atom stereocenters. The smallest absolute Gasteiger partial charge is 0.242 e. The van der Waals surface area contributed by atoms with Crippen LogP contribution in [0.2, 0.25) is 5.02 Å². The number of thioether (sulfide) groups is 1. The molecule has 0 aliphatic rings. The van der Waals surface area contributed by atoms with Gasteiger partial charge in [-0.05, 0) is 59.3 Å². The number of para-hydroxylation sites is 2. The Kier molecular flexibility index (Phi) is 7.03. The van der Waals surface area contributed by atoms with Gasteiger partial charge in [-0.2, -0.15) is 4.68 Å². The number of aromatic nitrogens is 4. The molecule has 0 fully saturated rings. The molecule has 0 bridgehead atoms. The topological polar surface area (TPSA) is 81.9 Å². The number of carbonyl (C=O) groups is 1. The average Bonchev–Trinajstić information content (AvgIpc) is 3.28. The van der Waals surface area contributed by atoms with Crippen LogP contribution in [0.4, 0.5) is 5.69 Å². The number of amides is 1. The van der Waals surface area contributed by atoms with E-state index < -0.39 is 5.25 Å². The first kappa shape index (κ1) is 21.9. The van der Waals surface area contributed by atoms with Crippen LogP contribution in [0.25, 0.3) is 5.69 Å². The quantitative estimate of drug-likeness (QED) is 0.361. The van der Waals surface area contributed by atoms with Gasteiger partial charge >= 0.3 is 0 Å². The van der Waals surface area contributed by atoms with Crippen molar-refractivity contribution in [3.05, 3.63) is 89.4 Å². The molecule has 1 unspecified atom stereocenters. The highest BCUT2D eigenvalue weighted by atomic mass is 35.5. The summed E-state index contributed by atoms with van der Waals surface area (Å²) in [5.41, 5.74) is 2.18. The second-order valence-corrected chi connectivity index (χ2v) is 8.19. The van der Waals surface area contributed by atoms with E-state index in [-0.39, 0.29) is 5.91 Å². The van der Waals surface area contributed by atoms with Crippen molar-refractivity contribution in [2.45, 2.75) is 17.3 Å². The van der Waals surface area contributed by atoms with Crippen molar-refractivity contribution >= 4 is 35.0 Å². The normalized spacial score (nSPS) is 11.7. The standard InChI is InChI=1S/C23H20ClN5O2S/c1-2-31-20-11-7-6-10-19(20)25-22(30)21(16-8-4-3-5-9-16)32-23-26-27-28-29(23)18-14-12-17(24)13-15-18/h3-15,21H,2H2,1H3,(H,25,30). The number of rotatable bonds is 8. The Morgan fingerprint density at radius 2 is 1.78 bits per heavy atom. The average molecular weight is 466 g/mol. The first-order valence-electron chi connectivity index (χ1n) is 9.94. The maximum absolute atomic E-state index is 13.4. The van der Waals surface area contributed by atoms with Crippen molar-refractivity contribution in [3.63, 3.8) is 0 Å². The highest BCUT2D eigenvalue weighted by molar-refractivity contribution is 8.00. The Balaban J connectivity index is 1.64. The summed E-state index contributed by atoms with van der Waals surface area (Å²) in [5.74, 6) is 0.408. The minimum atomic E-state index is -0.595. The van der Waals surface area contributed by atoms with Crippen molar-refractivity contribution in [2.75, 3.05) is 11.9 Å². The lowest BCUT2D eigenvalue weighted by Gasteiger charge is -2.18. The minimum absolute atomic E-state index is 0.209. The fraction of sp³-hybridized carbons (Fsp3) is 0.130. The predicted octanol–water partition coefficient (Wildman–Crippen LogP) is 5.19. The van der Waals surface area contributed by atoms with Crippen LogP contribution in [-0.2, 0) is 4.79 Å². The molecular weight excluding hydrogens is 446 g/mol. The van der Waals surface area contributed by atoms with Gasteiger partial charge in [-0.25, -0.2) is 0 Å². The van der Waals surface area contributed by atoms with Crippen LogP contribution >= 0.6 is 23.4 Å². The number of tetrazole rings is 1. The van der Waals surface area contributed by atoms with E-state index in [4.69, 9.17) is 16.3 Å². The molecule has 32 heavy (non-hydrogen) atoms. The molecule has 3 aromatic carbocycles. The van der Waals surface area contributed by atoms with Crippen LogP contribution in [0.15, 0.2) is 84.0 Å². The summed E-state index contributed by atoms with van der Waals surface area (Å²) in [6.07, 6.45) is 0. The van der Waals surface area contributed by atoms with Gasteiger partial charge in [0, 0.05) is 5.02 Å². The molecular formula is C23H20ClN5O2S. The van der Waals surface area contributed by atoms with Crippen LogP contribution < -0.4 is 10.1 Å². The summed E-state index contributed by atoms with van der Waals surface area (Å²) in [7, 11) is 0. The van der Waals surface area contributed by atoms with Gasteiger partial charge in [-0.3, -0.25) is 4.79 Å². The molecule has 7 nitrogen and oxygen atoms in total. The van der Waals surface area contributed by atoms with Crippen LogP contribution in [-0.4, -0.2) is 32.7 Å². The molecule has 1 aromatic heterocycles. The molecule has 1 amide bonds. The lowest BCUT2D eigenvalue weighted by molar-refractivity contribution is -0.115. The van der Waals surface area contributed by atoms with E-state index in [9.17, 15) is 4.79 Å². The number of carbonyl (C=O) groups excluding carboxylic acids is 1. The molecule has 4 aromatic rings. The zero-order valence-corrected chi connectivity index (χ0v) is 18.8. The van der Waals surface area contributed by atoms with Gasteiger partial charge in [-0.15, -0.1) is 5.10 Å². The van der Waals surface area contributed by atoms with Gasteiger partial charge in [0.1, 0.15) is 11.0 Å². The van der Waals surface area contributed by atoms with Gasteiger partial charge in [0.15, 0.2) is 0 Å². The van der Waals surface area contributed by atoms with Crippen molar-refractivity contribution < 1.29 is 9.53 Å². The van der Waals surface area contributed by atoms with E-state index in [0.29, 0.717) is 28.2 Å². The molecule has 1 N–H and O–H groups in total. The summed E-state index contributed by atoms with van der Waals surface area (Å²) in [5, 5.41) is 15.5. The van der Waals surface area contributed by atoms with E-state index in [1.807, 2.05) is 73.7 Å². The number of nitrogens with one attached hydrogen (secondary N) is 1. The molecule has 0 aliphatic carbocycles.